The molecule has 0 aromatic heterocycles. The molecule has 0 radical (unpaired) electrons. The van der Waals surface area contributed by atoms with Crippen LogP contribution in [0.25, 0.3) is 0 Å². The van der Waals surface area contributed by atoms with Crippen molar-refractivity contribution in [3.05, 3.63) is 29.8 Å². The van der Waals surface area contributed by atoms with Gasteiger partial charge in [-0.1, -0.05) is 43.7 Å². The van der Waals surface area contributed by atoms with Crippen molar-refractivity contribution in [2.45, 2.75) is 45.6 Å². The van der Waals surface area contributed by atoms with Gasteiger partial charge in [-0.05, 0) is 36.5 Å². The molecule has 1 saturated carbocycles. The fraction of sp³-hybridized carbons (Fsp3) is 0.500. The first-order valence-corrected chi connectivity index (χ1v) is 9.51. The normalized spacial score (nSPS) is 25.8. The zero-order chi connectivity index (χ0) is 16.9. The first kappa shape index (κ1) is 17.0. The summed E-state index contributed by atoms with van der Waals surface area (Å²) in [6.07, 6.45) is 5.08. The molecule has 0 bridgehead atoms. The molecular weight excluding hydrogens is 320 g/mol. The van der Waals surface area contributed by atoms with E-state index < -0.39 is 0 Å². The number of carbonyl (C=O) groups excluding carboxylic acids is 1. The van der Waals surface area contributed by atoms with Crippen molar-refractivity contribution >= 4 is 34.2 Å². The first-order chi connectivity index (χ1) is 11.6. The average molecular weight is 344 g/mol. The van der Waals surface area contributed by atoms with Crippen LogP contribution < -0.4 is 10.7 Å². The van der Waals surface area contributed by atoms with Crippen LogP contribution in [-0.2, 0) is 4.79 Å². The van der Waals surface area contributed by atoms with Gasteiger partial charge in [0, 0.05) is 18.4 Å². The number of nitrogens with zero attached hydrogens (tertiary/aromatic N) is 2. The number of amides is 1. The summed E-state index contributed by atoms with van der Waals surface area (Å²) in [5.41, 5.74) is 5.98. The Labute approximate surface area is 147 Å². The predicted octanol–water partition coefficient (Wildman–Crippen LogP) is 3.62. The number of hydrazone groups is 1. The Hall–Kier alpha value is -1.82. The molecule has 0 spiro atoms. The zero-order valence-electron chi connectivity index (χ0n) is 14.2. The molecule has 1 aromatic rings. The van der Waals surface area contributed by atoms with Crippen LogP contribution in [0.2, 0.25) is 0 Å². The summed E-state index contributed by atoms with van der Waals surface area (Å²) in [6.45, 7) is 3.81. The highest BCUT2D eigenvalue weighted by atomic mass is 32.2. The standard InChI is InChI=1S/C18H24N4OS/c1-12-5-3-4-6-16(12)20-18-22-21-17(11-24-18)14-7-9-15(10-8-14)19-13(2)23/h7-10,12,16H,3-6,11H2,1-2H3,(H,19,23)(H,20,22)/t12-,16+/m0/s1. The molecule has 2 atom stereocenters. The summed E-state index contributed by atoms with van der Waals surface area (Å²) in [6, 6.07) is 8.20. The van der Waals surface area contributed by atoms with E-state index >= 15 is 0 Å². The van der Waals surface area contributed by atoms with E-state index in [9.17, 15) is 4.79 Å². The lowest BCUT2D eigenvalue weighted by atomic mass is 9.86. The van der Waals surface area contributed by atoms with Crippen molar-refractivity contribution in [2.24, 2.45) is 16.0 Å². The van der Waals surface area contributed by atoms with Crippen LogP contribution in [0.5, 0.6) is 0 Å². The average Bonchev–Trinajstić information content (AvgIpc) is 2.58. The summed E-state index contributed by atoms with van der Waals surface area (Å²) < 4.78 is 0. The molecule has 6 heteroatoms. The number of hydrogen-bond acceptors (Lipinski definition) is 4. The summed E-state index contributed by atoms with van der Waals surface area (Å²) in [5, 5.41) is 8.20. The number of amidine groups is 1. The smallest absolute Gasteiger partial charge is 0.221 e. The van der Waals surface area contributed by atoms with Crippen molar-refractivity contribution in [1.82, 2.24) is 5.43 Å². The number of rotatable bonds is 3. The van der Waals surface area contributed by atoms with Gasteiger partial charge in [0.05, 0.1) is 11.8 Å². The van der Waals surface area contributed by atoms with Gasteiger partial charge in [-0.15, -0.1) is 0 Å². The second-order valence-corrected chi connectivity index (χ2v) is 7.44. The van der Waals surface area contributed by atoms with E-state index in [1.165, 1.54) is 32.6 Å². The molecule has 1 amide bonds. The van der Waals surface area contributed by atoms with Crippen LogP contribution in [0.3, 0.4) is 0 Å². The van der Waals surface area contributed by atoms with Gasteiger partial charge in [-0.25, -0.2) is 0 Å². The van der Waals surface area contributed by atoms with Crippen molar-refractivity contribution < 1.29 is 4.79 Å². The van der Waals surface area contributed by atoms with Crippen LogP contribution in [0.4, 0.5) is 5.69 Å². The minimum atomic E-state index is -0.0622. The lowest BCUT2D eigenvalue weighted by Gasteiger charge is -2.26. The van der Waals surface area contributed by atoms with Crippen molar-refractivity contribution in [2.75, 3.05) is 11.1 Å². The van der Waals surface area contributed by atoms with Gasteiger partial charge in [0.2, 0.25) is 5.91 Å². The van der Waals surface area contributed by atoms with Crippen LogP contribution in [0, 0.1) is 5.92 Å². The monoisotopic (exact) mass is 344 g/mol. The Morgan fingerprint density at radius 2 is 2.04 bits per heavy atom. The largest absolute Gasteiger partial charge is 0.326 e. The Morgan fingerprint density at radius 3 is 2.67 bits per heavy atom. The van der Waals surface area contributed by atoms with Crippen molar-refractivity contribution in [3.8, 4) is 0 Å². The molecule has 1 fully saturated rings. The number of aliphatic imine (C=N–C) groups is 1. The summed E-state index contributed by atoms with van der Waals surface area (Å²) in [7, 11) is 0. The van der Waals surface area contributed by atoms with E-state index in [4.69, 9.17) is 4.99 Å². The highest BCUT2D eigenvalue weighted by molar-refractivity contribution is 8.14. The van der Waals surface area contributed by atoms with Crippen LogP contribution in [0.1, 0.15) is 45.1 Å². The van der Waals surface area contributed by atoms with Gasteiger partial charge in [-0.3, -0.25) is 15.2 Å². The van der Waals surface area contributed by atoms with Crippen molar-refractivity contribution in [1.29, 1.82) is 0 Å². The predicted molar refractivity (Wildman–Crippen MR) is 102 cm³/mol. The van der Waals surface area contributed by atoms with E-state index in [-0.39, 0.29) is 5.91 Å². The number of benzene rings is 1. The number of anilines is 1. The molecule has 1 heterocycles. The van der Waals surface area contributed by atoms with E-state index in [1.54, 1.807) is 11.8 Å². The quantitative estimate of drug-likeness (QED) is 0.880. The fourth-order valence-corrected chi connectivity index (χ4v) is 3.94. The van der Waals surface area contributed by atoms with E-state index in [2.05, 4.69) is 22.8 Å². The van der Waals surface area contributed by atoms with Gasteiger partial charge < -0.3 is 5.32 Å². The van der Waals surface area contributed by atoms with E-state index in [1.807, 2.05) is 24.3 Å². The highest BCUT2D eigenvalue weighted by Crippen LogP contribution is 2.27. The number of nitrogens with one attached hydrogen (secondary N) is 2. The van der Waals surface area contributed by atoms with Crippen LogP contribution >= 0.6 is 11.8 Å². The molecule has 0 unspecified atom stereocenters. The SMILES string of the molecule is CC(=O)Nc1ccc(C2=NNC(=N[C@@H]3CCCC[C@@H]3C)SC2)cc1. The number of thioether (sulfide) groups is 1. The molecule has 128 valence electrons. The fourth-order valence-electron chi connectivity index (χ4n) is 3.12. The molecule has 0 saturated heterocycles. The lowest BCUT2D eigenvalue weighted by molar-refractivity contribution is -0.114. The Kier molecular flexibility index (Phi) is 5.56. The first-order valence-electron chi connectivity index (χ1n) is 8.53. The molecular formula is C18H24N4OS. The van der Waals surface area contributed by atoms with E-state index in [0.717, 1.165) is 27.9 Å². The second kappa shape index (κ2) is 7.83. The third-order valence-electron chi connectivity index (χ3n) is 4.52. The molecule has 1 aromatic carbocycles. The number of carbonyl (C=O) groups is 1. The molecule has 5 nitrogen and oxygen atoms in total. The lowest BCUT2D eigenvalue weighted by Crippen LogP contribution is -2.29. The summed E-state index contributed by atoms with van der Waals surface area (Å²) in [4.78, 5) is 15.9. The van der Waals surface area contributed by atoms with Crippen LogP contribution in [0.15, 0.2) is 34.4 Å². The minimum Gasteiger partial charge on any atom is -0.326 e. The molecule has 2 N–H and O–H groups in total. The van der Waals surface area contributed by atoms with Gasteiger partial charge in [0.15, 0.2) is 5.17 Å². The third kappa shape index (κ3) is 4.38. The molecule has 1 aliphatic heterocycles. The molecule has 3 rings (SSSR count). The highest BCUT2D eigenvalue weighted by Gasteiger charge is 2.22. The van der Waals surface area contributed by atoms with E-state index in [0.29, 0.717) is 12.0 Å². The maximum atomic E-state index is 11.1. The van der Waals surface area contributed by atoms with Gasteiger partial charge in [0.1, 0.15) is 0 Å². The van der Waals surface area contributed by atoms with Gasteiger partial charge >= 0.3 is 0 Å². The van der Waals surface area contributed by atoms with Gasteiger partial charge in [0.25, 0.3) is 0 Å². The maximum Gasteiger partial charge on any atom is 0.221 e. The summed E-state index contributed by atoms with van der Waals surface area (Å²) >= 11 is 1.72. The van der Waals surface area contributed by atoms with Crippen LogP contribution in [-0.4, -0.2) is 28.6 Å². The Morgan fingerprint density at radius 1 is 1.29 bits per heavy atom. The third-order valence-corrected chi connectivity index (χ3v) is 5.41. The van der Waals surface area contributed by atoms with Crippen molar-refractivity contribution in [3.63, 3.8) is 0 Å². The topological polar surface area (TPSA) is 65.8 Å². The second-order valence-electron chi connectivity index (χ2n) is 6.48. The summed E-state index contributed by atoms with van der Waals surface area (Å²) in [5.74, 6) is 1.42. The zero-order valence-corrected chi connectivity index (χ0v) is 15.0. The minimum absolute atomic E-state index is 0.0622. The molecule has 1 aliphatic carbocycles. The Bertz CT molecular complexity index is 653. The Balaban J connectivity index is 1.63. The maximum absolute atomic E-state index is 11.1. The molecule has 2 aliphatic rings. The molecule has 24 heavy (non-hydrogen) atoms. The van der Waals surface area contributed by atoms with Gasteiger partial charge in [-0.2, -0.15) is 5.10 Å². The number of hydrogen-bond donors (Lipinski definition) is 2.